The van der Waals surface area contributed by atoms with Crippen molar-refractivity contribution in [2.24, 2.45) is 17.8 Å². The highest BCUT2D eigenvalue weighted by molar-refractivity contribution is 7.52. The van der Waals surface area contributed by atoms with E-state index < -0.39 is 80.7 Å². The average molecular weight is 749 g/mol. The monoisotopic (exact) mass is 748 g/mol. The molecule has 0 radical (unpaired) electrons. The van der Waals surface area contributed by atoms with Crippen LogP contribution in [0.2, 0.25) is 0 Å². The van der Waals surface area contributed by atoms with Crippen molar-refractivity contribution in [3.05, 3.63) is 60.4 Å². The van der Waals surface area contributed by atoms with E-state index >= 15 is 4.39 Å². The zero-order valence-corrected chi connectivity index (χ0v) is 31.5. The van der Waals surface area contributed by atoms with Gasteiger partial charge in [-0.3, -0.25) is 18.9 Å². The molecule has 0 aliphatic carbocycles. The van der Waals surface area contributed by atoms with Gasteiger partial charge in [0.05, 0.1) is 41.9 Å². The largest absolute Gasteiger partial charge is 0.464 e. The first-order valence-corrected chi connectivity index (χ1v) is 19.0. The number of para-hydroxylation sites is 1. The number of carbonyl (C=O) groups is 3. The molecule has 0 saturated carbocycles. The van der Waals surface area contributed by atoms with E-state index in [0.717, 1.165) is 12.8 Å². The third-order valence-corrected chi connectivity index (χ3v) is 10.4. The molecule has 4 rings (SSSR count). The molecule has 3 aromatic rings. The van der Waals surface area contributed by atoms with Crippen LogP contribution in [0.25, 0.3) is 5.52 Å². The lowest BCUT2D eigenvalue weighted by molar-refractivity contribution is -0.178. The number of halogens is 1. The molecular formula is C36H50FN4O10P. The summed E-state index contributed by atoms with van der Waals surface area (Å²) < 4.78 is 67.1. The smallest absolute Gasteiger partial charge is 0.459 e. The fourth-order valence-corrected chi connectivity index (χ4v) is 7.03. The van der Waals surface area contributed by atoms with Crippen LogP contribution in [0.5, 0.6) is 5.75 Å². The molecule has 3 heterocycles. The molecule has 52 heavy (non-hydrogen) atoms. The lowest BCUT2D eigenvalue weighted by atomic mass is 9.95. The van der Waals surface area contributed by atoms with Crippen LogP contribution >= 0.6 is 7.75 Å². The zero-order chi connectivity index (χ0) is 38.2. The molecule has 0 amide bonds. The molecule has 14 nitrogen and oxygen atoms in total. The number of ether oxygens (including phenoxy) is 4. The summed E-state index contributed by atoms with van der Waals surface area (Å²) in [5.41, 5.74) is 5.15. The van der Waals surface area contributed by atoms with Gasteiger partial charge in [-0.15, -0.1) is 0 Å². The highest BCUT2D eigenvalue weighted by Gasteiger charge is 2.62. The fourth-order valence-electron chi connectivity index (χ4n) is 5.48. The second kappa shape index (κ2) is 17.7. The molecule has 1 fully saturated rings. The highest BCUT2D eigenvalue weighted by atomic mass is 31.2. The number of nitrogens with zero attached hydrogens (tertiary/aromatic N) is 2. The number of hydrogen-bond acceptors (Lipinski definition) is 12. The standard InChI is InChI=1S/C36H50FN4O10P/c1-8-25(9-2)19-46-35(44)24(7)40-52(45,51-26-13-11-10-12-14-26)47-21-36(20-37)32(49-34(43)23(5)6)31(48-33(42)22(3)4)30(50-36)29-16-15-28-27(38)17-18-39-41(28)29/h10-18,22-25,30-32H,8-9,19-21,38H2,1-7H3,(H,40,45)/t24-,30-,31-,32-,36+,52-/m0/s1. The van der Waals surface area contributed by atoms with Gasteiger partial charge in [0, 0.05) is 6.20 Å². The van der Waals surface area contributed by atoms with Gasteiger partial charge in [-0.05, 0) is 43.2 Å². The molecule has 1 aliphatic heterocycles. The molecule has 2 aromatic heterocycles. The maximum Gasteiger partial charge on any atom is 0.459 e. The Bertz CT molecular complexity index is 1720. The quantitative estimate of drug-likeness (QED) is 0.0881. The van der Waals surface area contributed by atoms with Gasteiger partial charge in [-0.25, -0.2) is 13.5 Å². The summed E-state index contributed by atoms with van der Waals surface area (Å²) in [5, 5.41) is 6.97. The summed E-state index contributed by atoms with van der Waals surface area (Å²) in [4.78, 5) is 39.3. The first-order valence-electron chi connectivity index (χ1n) is 17.5. The number of carbonyl (C=O) groups excluding carboxylic acids is 3. The minimum absolute atomic E-state index is 0.116. The van der Waals surface area contributed by atoms with E-state index in [1.165, 1.54) is 29.8 Å². The summed E-state index contributed by atoms with van der Waals surface area (Å²) >= 11 is 0. The number of benzene rings is 1. The first-order chi connectivity index (χ1) is 24.7. The molecule has 286 valence electrons. The predicted octanol–water partition coefficient (Wildman–Crippen LogP) is 5.99. The molecular weight excluding hydrogens is 698 g/mol. The number of nitrogens with one attached hydrogen (secondary N) is 1. The Morgan fingerprint density at radius 3 is 2.25 bits per heavy atom. The number of esters is 3. The minimum atomic E-state index is -4.57. The number of alkyl halides is 1. The maximum absolute atomic E-state index is 15.7. The lowest BCUT2D eigenvalue weighted by Gasteiger charge is -2.34. The zero-order valence-electron chi connectivity index (χ0n) is 30.7. The van der Waals surface area contributed by atoms with E-state index in [2.05, 4.69) is 10.2 Å². The van der Waals surface area contributed by atoms with Crippen LogP contribution < -0.4 is 15.3 Å². The number of anilines is 1. The Morgan fingerprint density at radius 2 is 1.63 bits per heavy atom. The molecule has 1 aliphatic rings. The molecule has 6 atom stereocenters. The van der Waals surface area contributed by atoms with Crippen molar-refractivity contribution in [3.8, 4) is 5.75 Å². The number of nitrogens with two attached hydrogens (primary N) is 1. The number of aromatic nitrogens is 2. The van der Waals surface area contributed by atoms with Crippen LogP contribution in [0.1, 0.15) is 73.1 Å². The van der Waals surface area contributed by atoms with Crippen molar-refractivity contribution < 1.29 is 51.3 Å². The van der Waals surface area contributed by atoms with Crippen molar-refractivity contribution in [2.75, 3.05) is 25.6 Å². The average Bonchev–Trinajstić information content (AvgIpc) is 3.68. The fraction of sp³-hybridized carbons (Fsp3) is 0.556. The third-order valence-electron chi connectivity index (χ3n) is 8.82. The van der Waals surface area contributed by atoms with Gasteiger partial charge in [0.1, 0.15) is 24.6 Å². The van der Waals surface area contributed by atoms with Crippen LogP contribution in [0.3, 0.4) is 0 Å². The number of nitrogen functional groups attached to an aromatic ring is 1. The summed E-state index contributed by atoms with van der Waals surface area (Å²) in [6, 6.07) is 11.7. The second-order valence-corrected chi connectivity index (χ2v) is 15.2. The lowest BCUT2D eigenvalue weighted by Crippen LogP contribution is -2.52. The molecule has 0 spiro atoms. The topological polar surface area (TPSA) is 179 Å². The molecule has 1 aromatic carbocycles. The highest BCUT2D eigenvalue weighted by Crippen LogP contribution is 2.50. The normalized spacial score (nSPS) is 22.0. The van der Waals surface area contributed by atoms with Gasteiger partial charge in [0.15, 0.2) is 17.8 Å². The van der Waals surface area contributed by atoms with Gasteiger partial charge in [0.25, 0.3) is 0 Å². The Labute approximate surface area is 303 Å². The van der Waals surface area contributed by atoms with Crippen molar-refractivity contribution >= 4 is 36.9 Å². The first kappa shape index (κ1) is 40.7. The number of rotatable bonds is 18. The molecule has 1 saturated heterocycles. The van der Waals surface area contributed by atoms with Crippen LogP contribution in [-0.4, -0.2) is 71.3 Å². The number of fused-ring (bicyclic) bond motifs is 1. The van der Waals surface area contributed by atoms with Crippen LogP contribution in [0.4, 0.5) is 10.1 Å². The molecule has 0 bridgehead atoms. The Morgan fingerprint density at radius 1 is 0.981 bits per heavy atom. The van der Waals surface area contributed by atoms with Crippen LogP contribution in [0.15, 0.2) is 54.7 Å². The van der Waals surface area contributed by atoms with Gasteiger partial charge in [0.2, 0.25) is 0 Å². The van der Waals surface area contributed by atoms with E-state index in [1.807, 2.05) is 13.8 Å². The Hall–Kier alpha value is -4.04. The SMILES string of the molecule is CCC(CC)COC(=O)[C@H](C)N[P@](=O)(OC[C@@]1(CF)O[C@@H](c2ccc3c(N)ccnn23)[C@H](OC(=O)C(C)C)[C@@H]1OC(=O)C(C)C)Oc1ccccc1. The van der Waals surface area contributed by atoms with E-state index in [-0.39, 0.29) is 18.3 Å². The summed E-state index contributed by atoms with van der Waals surface area (Å²) in [6.45, 7) is 9.76. The van der Waals surface area contributed by atoms with E-state index in [1.54, 1.807) is 64.1 Å². The molecule has 0 unspecified atom stereocenters. The Balaban J connectivity index is 1.75. The van der Waals surface area contributed by atoms with Crippen molar-refractivity contribution in [2.45, 2.75) is 91.3 Å². The van der Waals surface area contributed by atoms with E-state index in [4.69, 9.17) is 33.7 Å². The van der Waals surface area contributed by atoms with Gasteiger partial charge < -0.3 is 29.2 Å². The summed E-state index contributed by atoms with van der Waals surface area (Å²) in [5.74, 6) is -3.15. The van der Waals surface area contributed by atoms with Gasteiger partial charge >= 0.3 is 25.7 Å². The molecule has 3 N–H and O–H groups in total. The van der Waals surface area contributed by atoms with E-state index in [9.17, 15) is 18.9 Å². The van der Waals surface area contributed by atoms with Gasteiger partial charge in [-0.2, -0.15) is 10.2 Å². The van der Waals surface area contributed by atoms with Crippen LogP contribution in [-0.2, 0) is 42.4 Å². The summed E-state index contributed by atoms with van der Waals surface area (Å²) in [6.07, 6.45) is -1.24. The third kappa shape index (κ3) is 9.49. The van der Waals surface area contributed by atoms with Crippen molar-refractivity contribution in [3.63, 3.8) is 0 Å². The minimum Gasteiger partial charge on any atom is -0.464 e. The summed E-state index contributed by atoms with van der Waals surface area (Å²) in [7, 11) is -4.57. The maximum atomic E-state index is 15.7. The second-order valence-electron chi connectivity index (χ2n) is 13.5. The molecule has 16 heteroatoms. The number of hydrogen-bond donors (Lipinski definition) is 2. The van der Waals surface area contributed by atoms with Gasteiger partial charge in [-0.1, -0.05) is 72.6 Å². The van der Waals surface area contributed by atoms with Crippen molar-refractivity contribution in [1.82, 2.24) is 14.7 Å². The Kier molecular flexibility index (Phi) is 13.8. The predicted molar refractivity (Wildman–Crippen MR) is 190 cm³/mol. The van der Waals surface area contributed by atoms with E-state index in [0.29, 0.717) is 16.9 Å². The van der Waals surface area contributed by atoms with Crippen LogP contribution in [0, 0.1) is 17.8 Å². The van der Waals surface area contributed by atoms with Crippen molar-refractivity contribution in [1.29, 1.82) is 0 Å².